The predicted octanol–water partition coefficient (Wildman–Crippen LogP) is 4.26. The molecule has 3 rings (SSSR count). The molecule has 0 aliphatic carbocycles. The zero-order valence-electron chi connectivity index (χ0n) is 12.0. The van der Waals surface area contributed by atoms with Crippen molar-refractivity contribution in [2.24, 2.45) is 5.84 Å². The lowest BCUT2D eigenvalue weighted by molar-refractivity contribution is 0.477. The van der Waals surface area contributed by atoms with Gasteiger partial charge in [0.25, 0.3) is 0 Å². The lowest BCUT2D eigenvalue weighted by atomic mass is 10.0. The van der Waals surface area contributed by atoms with Crippen molar-refractivity contribution in [1.29, 1.82) is 0 Å². The number of nitrogens with two attached hydrogens (primary N) is 1. The van der Waals surface area contributed by atoms with Crippen molar-refractivity contribution < 1.29 is 4.42 Å². The van der Waals surface area contributed by atoms with Crippen LogP contribution in [-0.4, -0.2) is 0 Å². The van der Waals surface area contributed by atoms with E-state index in [4.69, 9.17) is 21.9 Å². The molecule has 1 unspecified atom stereocenters. The molecule has 1 atom stereocenters. The summed E-state index contributed by atoms with van der Waals surface area (Å²) >= 11 is 6.20. The fraction of sp³-hybridized carbons (Fsp3) is 0.176. The zero-order chi connectivity index (χ0) is 15.0. The monoisotopic (exact) mass is 300 g/mol. The van der Waals surface area contributed by atoms with Gasteiger partial charge in [0, 0.05) is 10.4 Å². The fourth-order valence-corrected chi connectivity index (χ4v) is 2.65. The number of benzene rings is 2. The number of fused-ring (bicyclic) bond motifs is 1. The van der Waals surface area contributed by atoms with Crippen LogP contribution in [0, 0.1) is 13.8 Å². The van der Waals surface area contributed by atoms with E-state index in [9.17, 15) is 0 Å². The lowest BCUT2D eigenvalue weighted by Crippen LogP contribution is -2.28. The van der Waals surface area contributed by atoms with E-state index >= 15 is 0 Å². The van der Waals surface area contributed by atoms with Crippen LogP contribution >= 0.6 is 11.6 Å². The van der Waals surface area contributed by atoms with Crippen LogP contribution in [0.4, 0.5) is 0 Å². The van der Waals surface area contributed by atoms with Crippen molar-refractivity contribution in [3.05, 3.63) is 69.9 Å². The quantitative estimate of drug-likeness (QED) is 0.561. The highest BCUT2D eigenvalue weighted by Crippen LogP contribution is 2.30. The first-order valence-corrected chi connectivity index (χ1v) is 7.18. The minimum atomic E-state index is -0.226. The standard InChI is InChI=1S/C17H17ClN2O/c1-10-3-6-15-13(7-10)9-16(21-15)17(20-19)12-5-4-11(2)14(18)8-12/h3-9,17,20H,19H2,1-2H3. The van der Waals surface area contributed by atoms with Gasteiger partial charge in [-0.1, -0.05) is 35.4 Å². The van der Waals surface area contributed by atoms with Crippen molar-refractivity contribution in [3.8, 4) is 0 Å². The van der Waals surface area contributed by atoms with Gasteiger partial charge in [-0.25, -0.2) is 5.43 Å². The van der Waals surface area contributed by atoms with Gasteiger partial charge in [0.05, 0.1) is 0 Å². The first kappa shape index (κ1) is 14.1. The number of furan rings is 1. The number of aryl methyl sites for hydroxylation is 2. The van der Waals surface area contributed by atoms with E-state index in [-0.39, 0.29) is 6.04 Å². The van der Waals surface area contributed by atoms with Crippen LogP contribution < -0.4 is 11.3 Å². The Labute approximate surface area is 128 Å². The molecule has 0 aliphatic heterocycles. The summed E-state index contributed by atoms with van der Waals surface area (Å²) in [6.07, 6.45) is 0. The van der Waals surface area contributed by atoms with Gasteiger partial charge in [-0.15, -0.1) is 0 Å². The summed E-state index contributed by atoms with van der Waals surface area (Å²) in [5.74, 6) is 6.50. The molecule has 3 aromatic rings. The average Bonchev–Trinajstić information content (AvgIpc) is 2.86. The molecule has 0 spiro atoms. The Balaban J connectivity index is 2.06. The molecule has 108 valence electrons. The topological polar surface area (TPSA) is 51.2 Å². The summed E-state index contributed by atoms with van der Waals surface area (Å²) in [7, 11) is 0. The van der Waals surface area contributed by atoms with Crippen molar-refractivity contribution in [2.75, 3.05) is 0 Å². The number of hydrogen-bond acceptors (Lipinski definition) is 3. The second kappa shape index (κ2) is 5.53. The molecule has 0 radical (unpaired) electrons. The highest BCUT2D eigenvalue weighted by molar-refractivity contribution is 6.31. The van der Waals surface area contributed by atoms with Crippen LogP contribution in [0.2, 0.25) is 5.02 Å². The summed E-state index contributed by atoms with van der Waals surface area (Å²) in [6.45, 7) is 4.03. The van der Waals surface area contributed by atoms with Gasteiger partial charge >= 0.3 is 0 Å². The molecule has 1 heterocycles. The van der Waals surface area contributed by atoms with Gasteiger partial charge in [-0.2, -0.15) is 0 Å². The van der Waals surface area contributed by atoms with Crippen LogP contribution in [0.15, 0.2) is 46.9 Å². The van der Waals surface area contributed by atoms with Gasteiger partial charge < -0.3 is 4.42 Å². The second-order valence-corrected chi connectivity index (χ2v) is 5.71. The lowest BCUT2D eigenvalue weighted by Gasteiger charge is -2.14. The largest absolute Gasteiger partial charge is 0.459 e. The normalized spacial score (nSPS) is 12.8. The minimum Gasteiger partial charge on any atom is -0.459 e. The molecular weight excluding hydrogens is 284 g/mol. The summed E-state index contributed by atoms with van der Waals surface area (Å²) in [5, 5.41) is 1.79. The maximum Gasteiger partial charge on any atom is 0.134 e. The third-order valence-corrected chi connectivity index (χ3v) is 4.08. The Morgan fingerprint density at radius 2 is 1.90 bits per heavy atom. The Morgan fingerprint density at radius 3 is 2.62 bits per heavy atom. The Morgan fingerprint density at radius 1 is 1.10 bits per heavy atom. The average molecular weight is 301 g/mol. The van der Waals surface area contributed by atoms with E-state index in [0.29, 0.717) is 0 Å². The predicted molar refractivity (Wildman–Crippen MR) is 86.3 cm³/mol. The Hall–Kier alpha value is -1.81. The van der Waals surface area contributed by atoms with Gasteiger partial charge in [-0.3, -0.25) is 5.84 Å². The maximum atomic E-state index is 6.20. The fourth-order valence-electron chi connectivity index (χ4n) is 2.46. The van der Waals surface area contributed by atoms with E-state index in [1.165, 1.54) is 5.56 Å². The first-order chi connectivity index (χ1) is 10.1. The third kappa shape index (κ3) is 2.68. The Bertz CT molecular complexity index is 795. The molecule has 0 bridgehead atoms. The summed E-state index contributed by atoms with van der Waals surface area (Å²) in [5.41, 5.74) is 6.87. The van der Waals surface area contributed by atoms with Crippen molar-refractivity contribution in [1.82, 2.24) is 5.43 Å². The van der Waals surface area contributed by atoms with E-state index in [2.05, 4.69) is 18.4 Å². The number of halogens is 1. The van der Waals surface area contributed by atoms with Crippen LogP contribution in [0.3, 0.4) is 0 Å². The molecule has 0 fully saturated rings. The third-order valence-electron chi connectivity index (χ3n) is 3.67. The van der Waals surface area contributed by atoms with Crippen LogP contribution in [0.1, 0.15) is 28.5 Å². The van der Waals surface area contributed by atoms with Crippen molar-refractivity contribution >= 4 is 22.6 Å². The molecule has 0 aliphatic rings. The molecule has 21 heavy (non-hydrogen) atoms. The number of hydrazine groups is 1. The van der Waals surface area contributed by atoms with Gasteiger partial charge in [0.2, 0.25) is 0 Å². The van der Waals surface area contributed by atoms with Crippen LogP contribution in [0.5, 0.6) is 0 Å². The molecule has 4 heteroatoms. The Kier molecular flexibility index (Phi) is 3.72. The van der Waals surface area contributed by atoms with Crippen LogP contribution in [0.25, 0.3) is 11.0 Å². The molecule has 3 nitrogen and oxygen atoms in total. The summed E-state index contributed by atoms with van der Waals surface area (Å²) in [4.78, 5) is 0. The van der Waals surface area contributed by atoms with Crippen molar-refractivity contribution in [3.63, 3.8) is 0 Å². The van der Waals surface area contributed by atoms with Crippen molar-refractivity contribution in [2.45, 2.75) is 19.9 Å². The summed E-state index contributed by atoms with van der Waals surface area (Å²) in [6, 6.07) is 13.8. The van der Waals surface area contributed by atoms with E-state index in [0.717, 1.165) is 32.9 Å². The highest BCUT2D eigenvalue weighted by Gasteiger charge is 2.18. The number of hydrogen-bond donors (Lipinski definition) is 2. The van der Waals surface area contributed by atoms with E-state index in [1.54, 1.807) is 0 Å². The minimum absolute atomic E-state index is 0.226. The number of nitrogens with one attached hydrogen (secondary N) is 1. The molecular formula is C17H17ClN2O. The van der Waals surface area contributed by atoms with E-state index < -0.39 is 0 Å². The SMILES string of the molecule is Cc1ccc2oc(C(NN)c3ccc(C)c(Cl)c3)cc2c1. The smallest absolute Gasteiger partial charge is 0.134 e. The number of rotatable bonds is 3. The van der Waals surface area contributed by atoms with E-state index in [1.807, 2.05) is 43.3 Å². The van der Waals surface area contributed by atoms with Gasteiger partial charge in [0.15, 0.2) is 0 Å². The summed E-state index contributed by atoms with van der Waals surface area (Å²) < 4.78 is 5.92. The van der Waals surface area contributed by atoms with Gasteiger partial charge in [0.1, 0.15) is 17.4 Å². The first-order valence-electron chi connectivity index (χ1n) is 6.81. The van der Waals surface area contributed by atoms with Gasteiger partial charge in [-0.05, 0) is 49.2 Å². The highest BCUT2D eigenvalue weighted by atomic mass is 35.5. The van der Waals surface area contributed by atoms with Crippen LogP contribution in [-0.2, 0) is 0 Å². The molecule has 0 saturated heterocycles. The second-order valence-electron chi connectivity index (χ2n) is 5.30. The molecule has 3 N–H and O–H groups in total. The molecule has 2 aromatic carbocycles. The maximum absolute atomic E-state index is 6.20. The molecule has 0 saturated carbocycles. The molecule has 1 aromatic heterocycles. The zero-order valence-corrected chi connectivity index (χ0v) is 12.7. The molecule has 0 amide bonds.